The fourth-order valence-corrected chi connectivity index (χ4v) is 3.74. The second-order valence-corrected chi connectivity index (χ2v) is 7.39. The van der Waals surface area contributed by atoms with Crippen molar-refractivity contribution < 1.29 is 9.59 Å². The first-order valence-corrected chi connectivity index (χ1v) is 9.82. The second kappa shape index (κ2) is 8.27. The van der Waals surface area contributed by atoms with Gasteiger partial charge in [0.1, 0.15) is 0 Å². The molecule has 0 fully saturated rings. The first-order valence-electron chi connectivity index (χ1n) is 8.66. The summed E-state index contributed by atoms with van der Waals surface area (Å²) in [6.07, 6.45) is 1.81. The van der Waals surface area contributed by atoms with Crippen molar-refractivity contribution in [3.05, 3.63) is 53.6 Å². The van der Waals surface area contributed by atoms with Gasteiger partial charge in [-0.25, -0.2) is 0 Å². The van der Waals surface area contributed by atoms with Gasteiger partial charge in [0, 0.05) is 23.6 Å². The first-order chi connectivity index (χ1) is 12.5. The van der Waals surface area contributed by atoms with Crippen molar-refractivity contribution in [3.8, 4) is 0 Å². The lowest BCUT2D eigenvalue weighted by atomic mass is 10.00. The van der Waals surface area contributed by atoms with Crippen LogP contribution in [0.1, 0.15) is 17.5 Å². The summed E-state index contributed by atoms with van der Waals surface area (Å²) in [5.74, 6) is 0.437. The predicted molar refractivity (Wildman–Crippen MR) is 109 cm³/mol. The first kappa shape index (κ1) is 18.3. The maximum absolute atomic E-state index is 12.6. The number of nitrogens with two attached hydrogens (primary N) is 1. The number of anilines is 3. The van der Waals surface area contributed by atoms with Crippen molar-refractivity contribution in [1.82, 2.24) is 0 Å². The molecule has 0 radical (unpaired) electrons. The van der Waals surface area contributed by atoms with Gasteiger partial charge in [-0.15, -0.1) is 11.8 Å². The molecule has 0 aromatic heterocycles. The molecule has 5 nitrogen and oxygen atoms in total. The SMILES string of the molecule is Cc1ccc(NC(=O)CSCC(=O)N2CCCc3c(N)cccc32)cc1. The number of carbonyl (C=O) groups excluding carboxylic acids is 2. The van der Waals surface area contributed by atoms with Crippen molar-refractivity contribution in [3.63, 3.8) is 0 Å². The van der Waals surface area contributed by atoms with E-state index in [1.165, 1.54) is 11.8 Å². The Morgan fingerprint density at radius 3 is 2.69 bits per heavy atom. The Morgan fingerprint density at radius 1 is 1.15 bits per heavy atom. The van der Waals surface area contributed by atoms with E-state index in [1.54, 1.807) is 4.90 Å². The molecule has 3 N–H and O–H groups in total. The van der Waals surface area contributed by atoms with E-state index in [9.17, 15) is 9.59 Å². The molecular formula is C20H23N3O2S. The number of thioether (sulfide) groups is 1. The van der Waals surface area contributed by atoms with E-state index in [4.69, 9.17) is 5.73 Å². The van der Waals surface area contributed by atoms with Gasteiger partial charge >= 0.3 is 0 Å². The number of hydrogen-bond donors (Lipinski definition) is 2. The zero-order valence-electron chi connectivity index (χ0n) is 14.8. The normalized spacial score (nSPS) is 13.2. The van der Waals surface area contributed by atoms with Crippen LogP contribution >= 0.6 is 11.8 Å². The van der Waals surface area contributed by atoms with Crippen molar-refractivity contribution in [1.29, 1.82) is 0 Å². The highest BCUT2D eigenvalue weighted by molar-refractivity contribution is 8.00. The average Bonchev–Trinajstić information content (AvgIpc) is 2.63. The van der Waals surface area contributed by atoms with Gasteiger partial charge in [-0.05, 0) is 49.6 Å². The molecule has 2 amide bonds. The van der Waals surface area contributed by atoms with Gasteiger partial charge in [0.25, 0.3) is 0 Å². The average molecular weight is 369 g/mol. The monoisotopic (exact) mass is 369 g/mol. The van der Waals surface area contributed by atoms with Gasteiger partial charge in [0.05, 0.1) is 11.5 Å². The number of fused-ring (bicyclic) bond motifs is 1. The molecule has 0 aliphatic carbocycles. The Bertz CT molecular complexity index is 805. The number of amides is 2. The molecule has 0 saturated carbocycles. The number of aryl methyl sites for hydroxylation is 1. The number of benzene rings is 2. The highest BCUT2D eigenvalue weighted by atomic mass is 32.2. The Hall–Kier alpha value is -2.47. The maximum atomic E-state index is 12.6. The fourth-order valence-electron chi connectivity index (χ4n) is 3.05. The summed E-state index contributed by atoms with van der Waals surface area (Å²) in [6.45, 7) is 2.70. The summed E-state index contributed by atoms with van der Waals surface area (Å²) < 4.78 is 0. The maximum Gasteiger partial charge on any atom is 0.236 e. The topological polar surface area (TPSA) is 75.4 Å². The fraction of sp³-hybridized carbons (Fsp3) is 0.300. The molecule has 2 aromatic rings. The molecule has 26 heavy (non-hydrogen) atoms. The molecule has 0 unspecified atom stereocenters. The minimum atomic E-state index is -0.102. The molecule has 0 spiro atoms. The molecule has 0 atom stereocenters. The van der Waals surface area contributed by atoms with E-state index in [0.29, 0.717) is 6.54 Å². The Labute approximate surface area is 157 Å². The van der Waals surface area contributed by atoms with Gasteiger partial charge < -0.3 is 16.0 Å². The van der Waals surface area contributed by atoms with Crippen LogP contribution in [0, 0.1) is 6.92 Å². The molecule has 0 bridgehead atoms. The van der Waals surface area contributed by atoms with Crippen molar-refractivity contribution in [2.24, 2.45) is 0 Å². The number of nitrogens with one attached hydrogen (secondary N) is 1. The van der Waals surface area contributed by atoms with E-state index in [1.807, 2.05) is 49.4 Å². The van der Waals surface area contributed by atoms with Gasteiger partial charge in [0.15, 0.2) is 0 Å². The molecule has 1 heterocycles. The van der Waals surface area contributed by atoms with Crippen LogP contribution in [0.4, 0.5) is 17.1 Å². The van der Waals surface area contributed by atoms with Crippen LogP contribution in [0.2, 0.25) is 0 Å². The van der Waals surface area contributed by atoms with E-state index in [-0.39, 0.29) is 23.3 Å². The summed E-state index contributed by atoms with van der Waals surface area (Å²) >= 11 is 1.33. The molecule has 2 aromatic carbocycles. The lowest BCUT2D eigenvalue weighted by Crippen LogP contribution is -2.37. The van der Waals surface area contributed by atoms with Crippen molar-refractivity contribution in [2.75, 3.05) is 34.0 Å². The third kappa shape index (κ3) is 4.38. The van der Waals surface area contributed by atoms with Crippen LogP contribution in [0.25, 0.3) is 0 Å². The number of carbonyl (C=O) groups is 2. The summed E-state index contributed by atoms with van der Waals surface area (Å²) in [5, 5.41) is 2.84. The van der Waals surface area contributed by atoms with E-state index >= 15 is 0 Å². The highest BCUT2D eigenvalue weighted by Crippen LogP contribution is 2.31. The van der Waals surface area contributed by atoms with Gasteiger partial charge in [-0.3, -0.25) is 9.59 Å². The molecular weight excluding hydrogens is 346 g/mol. The second-order valence-electron chi connectivity index (χ2n) is 6.40. The highest BCUT2D eigenvalue weighted by Gasteiger charge is 2.23. The van der Waals surface area contributed by atoms with Crippen LogP contribution in [0.3, 0.4) is 0 Å². The number of rotatable bonds is 5. The largest absolute Gasteiger partial charge is 0.398 e. The minimum absolute atomic E-state index is 0.0182. The zero-order valence-corrected chi connectivity index (χ0v) is 15.6. The summed E-state index contributed by atoms with van der Waals surface area (Å²) in [6, 6.07) is 13.3. The van der Waals surface area contributed by atoms with E-state index < -0.39 is 0 Å². The standard InChI is InChI=1S/C20H23N3O2S/c1-14-7-9-15(10-8-14)22-19(24)12-26-13-20(25)23-11-3-4-16-17(21)5-2-6-18(16)23/h2,5-10H,3-4,11-13,21H2,1H3,(H,22,24). The Balaban J connectivity index is 1.51. The minimum Gasteiger partial charge on any atom is -0.398 e. The summed E-state index contributed by atoms with van der Waals surface area (Å²) in [7, 11) is 0. The lowest BCUT2D eigenvalue weighted by molar-refractivity contribution is -0.116. The van der Waals surface area contributed by atoms with Crippen LogP contribution in [-0.4, -0.2) is 29.9 Å². The Kier molecular flexibility index (Phi) is 5.83. The van der Waals surface area contributed by atoms with Crippen molar-refractivity contribution in [2.45, 2.75) is 19.8 Å². The van der Waals surface area contributed by atoms with Crippen molar-refractivity contribution >= 4 is 40.6 Å². The van der Waals surface area contributed by atoms with Gasteiger partial charge in [-0.1, -0.05) is 23.8 Å². The lowest BCUT2D eigenvalue weighted by Gasteiger charge is -2.30. The van der Waals surface area contributed by atoms with Crippen LogP contribution in [0.5, 0.6) is 0 Å². The van der Waals surface area contributed by atoms with Crippen LogP contribution in [-0.2, 0) is 16.0 Å². The zero-order chi connectivity index (χ0) is 18.5. The number of nitrogens with zero attached hydrogens (tertiary/aromatic N) is 1. The number of hydrogen-bond acceptors (Lipinski definition) is 4. The quantitative estimate of drug-likeness (QED) is 0.794. The molecule has 136 valence electrons. The third-order valence-electron chi connectivity index (χ3n) is 4.38. The molecule has 6 heteroatoms. The van der Waals surface area contributed by atoms with E-state index in [0.717, 1.165) is 41.0 Å². The van der Waals surface area contributed by atoms with Gasteiger partial charge in [-0.2, -0.15) is 0 Å². The van der Waals surface area contributed by atoms with Crippen LogP contribution in [0.15, 0.2) is 42.5 Å². The summed E-state index contributed by atoms with van der Waals surface area (Å²) in [5.41, 5.74) is 10.6. The summed E-state index contributed by atoms with van der Waals surface area (Å²) in [4.78, 5) is 26.4. The third-order valence-corrected chi connectivity index (χ3v) is 5.30. The molecule has 1 aliphatic rings. The predicted octanol–water partition coefficient (Wildman–Crippen LogP) is 3.23. The molecule has 1 aliphatic heterocycles. The van der Waals surface area contributed by atoms with E-state index in [2.05, 4.69) is 5.32 Å². The van der Waals surface area contributed by atoms with Crippen LogP contribution < -0.4 is 16.0 Å². The Morgan fingerprint density at radius 2 is 1.92 bits per heavy atom. The van der Waals surface area contributed by atoms with Gasteiger partial charge in [0.2, 0.25) is 11.8 Å². The number of nitrogen functional groups attached to an aromatic ring is 1. The molecule has 0 saturated heterocycles. The smallest absolute Gasteiger partial charge is 0.236 e. The molecule has 3 rings (SSSR count).